The Bertz CT molecular complexity index is 83.3. The average Bonchev–Trinajstić information content (AvgIpc) is 1.89. The van der Waals surface area contributed by atoms with Gasteiger partial charge in [0.15, 0.2) is 0 Å². The van der Waals surface area contributed by atoms with Crippen LogP contribution < -0.4 is 0 Å². The lowest BCUT2D eigenvalue weighted by molar-refractivity contribution is -0.135. The molecular formula is C4H6Cl4O2. The van der Waals surface area contributed by atoms with E-state index in [9.17, 15) is 4.79 Å². The number of halogens is 4. The summed E-state index contributed by atoms with van der Waals surface area (Å²) >= 11 is 19.7. The first-order valence-corrected chi connectivity index (χ1v) is 4.13. The third-order valence-electron chi connectivity index (χ3n) is 0.258. The molecule has 0 amide bonds. The van der Waals surface area contributed by atoms with E-state index in [1.54, 1.807) is 0 Å². The van der Waals surface area contributed by atoms with Gasteiger partial charge in [-0.15, -0.1) is 23.2 Å². The molecule has 0 aliphatic heterocycles. The second-order valence-corrected chi connectivity index (χ2v) is 2.87. The van der Waals surface area contributed by atoms with Crippen molar-refractivity contribution < 1.29 is 9.90 Å². The Balaban J connectivity index is 0. The van der Waals surface area contributed by atoms with E-state index in [2.05, 4.69) is 0 Å². The third kappa shape index (κ3) is 15.9. The van der Waals surface area contributed by atoms with Crippen molar-refractivity contribution in [1.82, 2.24) is 0 Å². The molecule has 0 bridgehead atoms. The van der Waals surface area contributed by atoms with Crippen molar-refractivity contribution in [1.29, 1.82) is 0 Å². The van der Waals surface area contributed by atoms with Gasteiger partial charge < -0.3 is 5.11 Å². The van der Waals surface area contributed by atoms with E-state index in [-0.39, 0.29) is 0 Å². The zero-order valence-electron chi connectivity index (χ0n) is 4.86. The van der Waals surface area contributed by atoms with Gasteiger partial charge in [-0.25, -0.2) is 4.79 Å². The number of rotatable bonds is 2. The van der Waals surface area contributed by atoms with Gasteiger partial charge >= 0.3 is 5.97 Å². The lowest BCUT2D eigenvalue weighted by Gasteiger charge is -1.84. The lowest BCUT2D eigenvalue weighted by Crippen LogP contribution is -2.03. The molecule has 0 aliphatic rings. The van der Waals surface area contributed by atoms with Crippen LogP contribution in [0.3, 0.4) is 0 Å². The van der Waals surface area contributed by atoms with Gasteiger partial charge in [0.05, 0.1) is 0 Å². The van der Waals surface area contributed by atoms with E-state index in [1.807, 2.05) is 0 Å². The second kappa shape index (κ2) is 9.63. The molecule has 0 aromatic heterocycles. The molecule has 0 unspecified atom stereocenters. The van der Waals surface area contributed by atoms with Crippen LogP contribution >= 0.6 is 46.4 Å². The molecule has 0 aromatic rings. The van der Waals surface area contributed by atoms with E-state index >= 15 is 0 Å². The fourth-order valence-electron chi connectivity index (χ4n) is 0. The van der Waals surface area contributed by atoms with Crippen LogP contribution in [0, 0.1) is 0 Å². The quantitative estimate of drug-likeness (QED) is 0.736. The van der Waals surface area contributed by atoms with Crippen LogP contribution in [0.5, 0.6) is 0 Å². The molecule has 0 radical (unpaired) electrons. The number of carboxylic acids is 1. The smallest absolute Gasteiger partial charge is 0.337 e. The van der Waals surface area contributed by atoms with Gasteiger partial charge in [0.2, 0.25) is 4.84 Å². The maximum atomic E-state index is 9.44. The van der Waals surface area contributed by atoms with Crippen molar-refractivity contribution in [2.24, 2.45) is 0 Å². The third-order valence-corrected chi connectivity index (χ3v) is 1.20. The van der Waals surface area contributed by atoms with E-state index in [4.69, 9.17) is 51.5 Å². The Labute approximate surface area is 79.0 Å². The van der Waals surface area contributed by atoms with Gasteiger partial charge in [0.25, 0.3) is 0 Å². The summed E-state index contributed by atoms with van der Waals surface area (Å²) in [4.78, 5) is 8.15. The maximum absolute atomic E-state index is 9.44. The van der Waals surface area contributed by atoms with Gasteiger partial charge in [-0.05, 0) is 0 Å². The predicted molar refractivity (Wildman–Crippen MR) is 44.6 cm³/mol. The van der Waals surface area contributed by atoms with Crippen LogP contribution in [0.4, 0.5) is 0 Å². The predicted octanol–water partition coefficient (Wildman–Crippen LogP) is 2.34. The van der Waals surface area contributed by atoms with Crippen LogP contribution in [-0.2, 0) is 4.79 Å². The fourth-order valence-corrected chi connectivity index (χ4v) is 0. The van der Waals surface area contributed by atoms with Crippen molar-refractivity contribution >= 4 is 52.4 Å². The molecule has 6 heteroatoms. The van der Waals surface area contributed by atoms with Crippen LogP contribution in [0.1, 0.15) is 0 Å². The second-order valence-electron chi connectivity index (χ2n) is 1.02. The van der Waals surface area contributed by atoms with Crippen LogP contribution in [0.2, 0.25) is 0 Å². The normalized spacial score (nSPS) is 8.50. The standard InChI is InChI=1S/C2H2Cl2O2.C2H4Cl2/c3-1(4)2(5)6;3-1-2-4/h1H,(H,5,6);1-2H2. The van der Waals surface area contributed by atoms with Gasteiger partial charge in [0, 0.05) is 11.8 Å². The monoisotopic (exact) mass is 226 g/mol. The minimum atomic E-state index is -1.29. The molecule has 0 aromatic carbocycles. The van der Waals surface area contributed by atoms with Crippen molar-refractivity contribution in [3.8, 4) is 0 Å². The van der Waals surface area contributed by atoms with Crippen molar-refractivity contribution in [3.05, 3.63) is 0 Å². The Hall–Kier alpha value is 0.630. The molecule has 0 fully saturated rings. The number of carboxylic acid groups (broad SMARTS) is 1. The fraction of sp³-hybridized carbons (Fsp3) is 0.750. The zero-order chi connectivity index (χ0) is 8.57. The number of carbonyl (C=O) groups is 1. The highest BCUT2D eigenvalue weighted by Crippen LogP contribution is 1.98. The van der Waals surface area contributed by atoms with Crippen molar-refractivity contribution in [2.75, 3.05) is 11.8 Å². The molecule has 2 nitrogen and oxygen atoms in total. The highest BCUT2D eigenvalue weighted by molar-refractivity contribution is 6.52. The molecular weight excluding hydrogens is 222 g/mol. The zero-order valence-corrected chi connectivity index (χ0v) is 7.88. The molecule has 1 N–H and O–H groups in total. The molecule has 0 saturated carbocycles. The SMILES string of the molecule is ClCCCl.O=C(O)C(Cl)Cl. The van der Waals surface area contributed by atoms with Crippen LogP contribution in [0.25, 0.3) is 0 Å². The summed E-state index contributed by atoms with van der Waals surface area (Å²) in [6, 6.07) is 0. The van der Waals surface area contributed by atoms with E-state index in [1.165, 1.54) is 0 Å². The Morgan fingerprint density at radius 1 is 1.30 bits per heavy atom. The Kier molecular flexibility index (Phi) is 12.7. The molecule has 10 heavy (non-hydrogen) atoms. The molecule has 0 atom stereocenters. The topological polar surface area (TPSA) is 37.3 Å². The number of aliphatic carboxylic acids is 1. The molecule has 0 heterocycles. The summed E-state index contributed by atoms with van der Waals surface area (Å²) in [6.07, 6.45) is 0. The molecule has 0 saturated heterocycles. The minimum absolute atomic E-state index is 0.557. The first-order valence-electron chi connectivity index (χ1n) is 2.19. The van der Waals surface area contributed by atoms with E-state index < -0.39 is 10.8 Å². The Morgan fingerprint density at radius 3 is 1.50 bits per heavy atom. The van der Waals surface area contributed by atoms with Gasteiger partial charge in [-0.1, -0.05) is 23.2 Å². The first kappa shape index (κ1) is 13.2. The van der Waals surface area contributed by atoms with E-state index in [0.29, 0.717) is 11.8 Å². The average molecular weight is 228 g/mol. The Morgan fingerprint density at radius 2 is 1.50 bits per heavy atom. The summed E-state index contributed by atoms with van der Waals surface area (Å²) < 4.78 is 0. The summed E-state index contributed by atoms with van der Waals surface area (Å²) in [5, 5.41) is 7.73. The highest BCUT2D eigenvalue weighted by Gasteiger charge is 2.05. The van der Waals surface area contributed by atoms with Gasteiger partial charge in [0.1, 0.15) is 0 Å². The summed E-state index contributed by atoms with van der Waals surface area (Å²) in [6.45, 7) is 0. The van der Waals surface area contributed by atoms with Gasteiger partial charge in [-0.2, -0.15) is 0 Å². The maximum Gasteiger partial charge on any atom is 0.337 e. The van der Waals surface area contributed by atoms with Crippen molar-refractivity contribution in [2.45, 2.75) is 4.84 Å². The molecule has 0 spiro atoms. The molecule has 0 aliphatic carbocycles. The van der Waals surface area contributed by atoms with Crippen molar-refractivity contribution in [3.63, 3.8) is 0 Å². The number of alkyl halides is 4. The van der Waals surface area contributed by atoms with E-state index in [0.717, 1.165) is 0 Å². The summed E-state index contributed by atoms with van der Waals surface area (Å²) in [5.74, 6) is -0.0957. The largest absolute Gasteiger partial charge is 0.479 e. The summed E-state index contributed by atoms with van der Waals surface area (Å²) in [5.41, 5.74) is 0. The number of hydrogen-bond donors (Lipinski definition) is 1. The highest BCUT2D eigenvalue weighted by atomic mass is 35.5. The minimum Gasteiger partial charge on any atom is -0.479 e. The lowest BCUT2D eigenvalue weighted by atomic mass is 10.8. The molecule has 0 rings (SSSR count). The number of hydrogen-bond acceptors (Lipinski definition) is 1. The first-order chi connectivity index (χ1) is 4.56. The molecule has 62 valence electrons. The van der Waals surface area contributed by atoms with Gasteiger partial charge in [-0.3, -0.25) is 0 Å². The van der Waals surface area contributed by atoms with Crippen LogP contribution in [0.15, 0.2) is 0 Å². The van der Waals surface area contributed by atoms with Crippen LogP contribution in [-0.4, -0.2) is 27.7 Å². The summed E-state index contributed by atoms with van der Waals surface area (Å²) in [7, 11) is 0.